The lowest BCUT2D eigenvalue weighted by molar-refractivity contribution is -0.139. The van der Waals surface area contributed by atoms with Crippen LogP contribution in [0.15, 0.2) is 71.0 Å². The highest BCUT2D eigenvalue weighted by Crippen LogP contribution is 2.37. The number of aromatic nitrogens is 3. The Morgan fingerprint density at radius 3 is 2.59 bits per heavy atom. The Bertz CT molecular complexity index is 1140. The normalized spacial score (nSPS) is 15.0. The van der Waals surface area contributed by atoms with Crippen LogP contribution < -0.4 is 10.1 Å². The summed E-state index contributed by atoms with van der Waals surface area (Å²) in [7, 11) is 0. The molecule has 0 saturated heterocycles. The van der Waals surface area contributed by atoms with Crippen LogP contribution in [-0.4, -0.2) is 33.9 Å². The molecule has 7 nitrogen and oxygen atoms in total. The van der Waals surface area contributed by atoms with Gasteiger partial charge in [0.25, 0.3) is 0 Å². The van der Waals surface area contributed by atoms with Gasteiger partial charge in [-0.25, -0.2) is 9.48 Å². The van der Waals surface area contributed by atoms with Crippen molar-refractivity contribution >= 4 is 23.7 Å². The van der Waals surface area contributed by atoms with Gasteiger partial charge in [0.1, 0.15) is 11.8 Å². The molecular weight excluding hydrogens is 448 g/mol. The fraction of sp³-hybridized carbons (Fsp3) is 0.346. The van der Waals surface area contributed by atoms with Crippen LogP contribution in [-0.2, 0) is 15.3 Å². The number of nitrogens with zero attached hydrogens (tertiary/aromatic N) is 3. The molecule has 1 unspecified atom stereocenters. The lowest BCUT2D eigenvalue weighted by atomic mass is 9.96. The van der Waals surface area contributed by atoms with Crippen molar-refractivity contribution in [1.82, 2.24) is 14.8 Å². The third-order valence-electron chi connectivity index (χ3n) is 5.50. The minimum Gasteiger partial charge on any atom is -0.494 e. The van der Waals surface area contributed by atoms with E-state index in [1.807, 2.05) is 56.3 Å². The quantitative estimate of drug-likeness (QED) is 0.231. The molecule has 0 aliphatic carbocycles. The molecule has 1 atom stereocenters. The van der Waals surface area contributed by atoms with E-state index in [0.717, 1.165) is 35.6 Å². The van der Waals surface area contributed by atoms with Gasteiger partial charge in [0.15, 0.2) is 0 Å². The zero-order valence-corrected chi connectivity index (χ0v) is 20.6. The Hall–Kier alpha value is -3.26. The van der Waals surface area contributed by atoms with Gasteiger partial charge in [0.05, 0.1) is 18.8 Å². The maximum Gasteiger partial charge on any atom is 0.338 e. The molecule has 2 aromatic carbocycles. The Morgan fingerprint density at radius 2 is 1.88 bits per heavy atom. The first-order chi connectivity index (χ1) is 16.6. The fourth-order valence-corrected chi connectivity index (χ4v) is 4.57. The van der Waals surface area contributed by atoms with Gasteiger partial charge in [-0.1, -0.05) is 67.6 Å². The number of nitrogens with one attached hydrogen (secondary N) is 1. The average molecular weight is 479 g/mol. The van der Waals surface area contributed by atoms with Gasteiger partial charge < -0.3 is 14.8 Å². The molecule has 34 heavy (non-hydrogen) atoms. The van der Waals surface area contributed by atoms with E-state index in [0.29, 0.717) is 29.9 Å². The summed E-state index contributed by atoms with van der Waals surface area (Å²) in [6, 6.07) is 17.5. The highest BCUT2D eigenvalue weighted by Gasteiger charge is 2.35. The number of esters is 1. The first-order valence-corrected chi connectivity index (χ1v) is 12.6. The molecule has 8 heteroatoms. The first-order valence-electron chi connectivity index (χ1n) is 11.6. The number of allylic oxidation sites excluding steroid dienone is 1. The predicted molar refractivity (Wildman–Crippen MR) is 134 cm³/mol. The van der Waals surface area contributed by atoms with Crippen molar-refractivity contribution in [2.75, 3.05) is 18.5 Å². The summed E-state index contributed by atoms with van der Waals surface area (Å²) in [5.41, 5.74) is 3.38. The molecule has 1 N–H and O–H groups in total. The van der Waals surface area contributed by atoms with Gasteiger partial charge in [0, 0.05) is 11.4 Å². The van der Waals surface area contributed by atoms with Crippen LogP contribution in [0.2, 0.25) is 0 Å². The van der Waals surface area contributed by atoms with E-state index in [4.69, 9.17) is 19.6 Å². The largest absolute Gasteiger partial charge is 0.494 e. The van der Waals surface area contributed by atoms with E-state index in [2.05, 4.69) is 24.4 Å². The second-order valence-corrected chi connectivity index (χ2v) is 8.94. The maximum atomic E-state index is 13.2. The zero-order chi connectivity index (χ0) is 23.9. The highest BCUT2D eigenvalue weighted by molar-refractivity contribution is 7.98. The molecular formula is C26H30N4O3S. The van der Waals surface area contributed by atoms with Crippen LogP contribution in [0.4, 0.5) is 5.95 Å². The molecule has 3 aromatic rings. The van der Waals surface area contributed by atoms with Crippen molar-refractivity contribution in [2.24, 2.45) is 0 Å². The number of carbonyl (C=O) groups excluding carboxylic acids is 1. The van der Waals surface area contributed by atoms with Gasteiger partial charge in [-0.3, -0.25) is 0 Å². The highest BCUT2D eigenvalue weighted by atomic mass is 32.2. The van der Waals surface area contributed by atoms with Crippen LogP contribution in [0.3, 0.4) is 0 Å². The summed E-state index contributed by atoms with van der Waals surface area (Å²) in [5, 5.41) is 8.69. The summed E-state index contributed by atoms with van der Waals surface area (Å²) in [5.74, 6) is 1.82. The molecule has 0 radical (unpaired) electrons. The van der Waals surface area contributed by atoms with E-state index >= 15 is 0 Å². The smallest absolute Gasteiger partial charge is 0.338 e. The Balaban J connectivity index is 1.65. The first kappa shape index (κ1) is 23.9. The Labute approximate surface area is 204 Å². The Kier molecular flexibility index (Phi) is 7.90. The minimum absolute atomic E-state index is 0.336. The number of carbonyl (C=O) groups is 1. The predicted octanol–water partition coefficient (Wildman–Crippen LogP) is 5.60. The lowest BCUT2D eigenvalue weighted by Gasteiger charge is -2.28. The number of hydrogen-bond donors (Lipinski definition) is 1. The summed E-state index contributed by atoms with van der Waals surface area (Å²) in [6.07, 6.45) is 1.79. The van der Waals surface area contributed by atoms with Crippen molar-refractivity contribution in [3.63, 3.8) is 0 Å². The van der Waals surface area contributed by atoms with Crippen LogP contribution in [0.25, 0.3) is 0 Å². The SMILES string of the molecule is CCCCOC(=O)C1=C(C)Nc2nc(SCc3ccccc3)nn2C1c1ccc(OCC)cc1. The molecule has 178 valence electrons. The summed E-state index contributed by atoms with van der Waals surface area (Å²) >= 11 is 1.56. The number of benzene rings is 2. The zero-order valence-electron chi connectivity index (χ0n) is 19.8. The second kappa shape index (κ2) is 11.2. The molecule has 2 heterocycles. The monoisotopic (exact) mass is 478 g/mol. The number of hydrogen-bond acceptors (Lipinski definition) is 7. The van der Waals surface area contributed by atoms with Gasteiger partial charge in [0.2, 0.25) is 11.1 Å². The van der Waals surface area contributed by atoms with E-state index in [1.165, 1.54) is 5.56 Å². The van der Waals surface area contributed by atoms with E-state index in [9.17, 15) is 4.79 Å². The summed E-state index contributed by atoms with van der Waals surface area (Å²) < 4.78 is 13.0. The molecule has 0 spiro atoms. The summed E-state index contributed by atoms with van der Waals surface area (Å²) in [6.45, 7) is 6.89. The number of unbranched alkanes of at least 4 members (excludes halogenated alkanes) is 1. The van der Waals surface area contributed by atoms with Crippen molar-refractivity contribution in [3.05, 3.63) is 77.0 Å². The molecule has 1 aliphatic heterocycles. The van der Waals surface area contributed by atoms with Gasteiger partial charge in [-0.2, -0.15) is 4.98 Å². The van der Waals surface area contributed by atoms with E-state index in [-0.39, 0.29) is 5.97 Å². The van der Waals surface area contributed by atoms with Crippen molar-refractivity contribution in [3.8, 4) is 5.75 Å². The van der Waals surface area contributed by atoms with Crippen molar-refractivity contribution < 1.29 is 14.3 Å². The number of fused-ring (bicyclic) bond motifs is 1. The molecule has 1 aliphatic rings. The third-order valence-corrected chi connectivity index (χ3v) is 6.41. The topological polar surface area (TPSA) is 78.3 Å². The van der Waals surface area contributed by atoms with Crippen LogP contribution in [0.1, 0.15) is 50.8 Å². The van der Waals surface area contributed by atoms with Gasteiger partial charge in [-0.05, 0) is 43.5 Å². The van der Waals surface area contributed by atoms with Crippen LogP contribution >= 0.6 is 11.8 Å². The van der Waals surface area contributed by atoms with Gasteiger partial charge >= 0.3 is 5.97 Å². The minimum atomic E-state index is -0.445. The standard InChI is InChI=1S/C26H30N4O3S/c1-4-6-16-33-24(31)22-18(3)27-25-28-26(34-17-19-10-8-7-9-11-19)29-30(25)23(22)20-12-14-21(15-13-20)32-5-2/h7-15,23H,4-6,16-17H2,1-3H3,(H,27,28,29). The number of anilines is 1. The molecule has 1 aromatic heterocycles. The third kappa shape index (κ3) is 5.44. The van der Waals surface area contributed by atoms with E-state index in [1.54, 1.807) is 16.4 Å². The number of rotatable bonds is 10. The maximum absolute atomic E-state index is 13.2. The fourth-order valence-electron chi connectivity index (χ4n) is 3.79. The van der Waals surface area contributed by atoms with Crippen LogP contribution in [0.5, 0.6) is 5.75 Å². The number of thioether (sulfide) groups is 1. The molecule has 0 bridgehead atoms. The molecule has 4 rings (SSSR count). The average Bonchev–Trinajstić information content (AvgIpc) is 3.26. The van der Waals surface area contributed by atoms with Crippen LogP contribution in [0, 0.1) is 0 Å². The second-order valence-electron chi connectivity index (χ2n) is 7.99. The van der Waals surface area contributed by atoms with Crippen molar-refractivity contribution in [2.45, 2.75) is 50.6 Å². The summed E-state index contributed by atoms with van der Waals surface area (Å²) in [4.78, 5) is 17.9. The number of ether oxygens (including phenoxy) is 2. The van der Waals surface area contributed by atoms with Crippen molar-refractivity contribution in [1.29, 1.82) is 0 Å². The Morgan fingerprint density at radius 1 is 1.12 bits per heavy atom. The van der Waals surface area contributed by atoms with E-state index < -0.39 is 6.04 Å². The molecule has 0 fully saturated rings. The van der Waals surface area contributed by atoms with Gasteiger partial charge in [-0.15, -0.1) is 5.10 Å². The lowest BCUT2D eigenvalue weighted by Crippen LogP contribution is -2.29. The molecule has 0 amide bonds. The molecule has 0 saturated carbocycles.